The van der Waals surface area contributed by atoms with Gasteiger partial charge in [-0.15, -0.1) is 0 Å². The van der Waals surface area contributed by atoms with Crippen LogP contribution in [-0.4, -0.2) is 25.3 Å². The fourth-order valence-corrected chi connectivity index (χ4v) is 2.72. The molecule has 0 aliphatic heterocycles. The number of rotatable bonds is 10. The summed E-state index contributed by atoms with van der Waals surface area (Å²) < 4.78 is 38.5. The van der Waals surface area contributed by atoms with Crippen LogP contribution in [0.2, 0.25) is 5.02 Å². The third kappa shape index (κ3) is 9.44. The monoisotopic (exact) mass is 340 g/mol. The number of unbranched alkanes of at least 4 members (excludes halogenated alkanes) is 3. The number of benzene rings is 1. The van der Waals surface area contributed by atoms with Crippen LogP contribution in [0.5, 0.6) is 5.75 Å². The van der Waals surface area contributed by atoms with Crippen LogP contribution in [0.3, 0.4) is 0 Å². The van der Waals surface area contributed by atoms with E-state index >= 15 is 0 Å². The third-order valence-corrected chi connectivity index (χ3v) is 4.08. The van der Waals surface area contributed by atoms with Crippen molar-refractivity contribution >= 4 is 34.0 Å². The van der Waals surface area contributed by atoms with Gasteiger partial charge in [0.25, 0.3) is 0 Å². The first-order valence-electron chi connectivity index (χ1n) is 6.14. The van der Waals surface area contributed by atoms with Crippen LogP contribution >= 0.6 is 23.6 Å². The lowest BCUT2D eigenvalue weighted by Gasteiger charge is -2.06. The molecule has 1 aromatic carbocycles. The fraction of sp³-hybridized carbons (Fsp3) is 0.500. The molecule has 0 aliphatic rings. The van der Waals surface area contributed by atoms with Crippen molar-refractivity contribution < 1.29 is 21.3 Å². The molecule has 0 amide bonds. The Bertz CT molecular complexity index is 492. The first-order valence-corrected chi connectivity index (χ1v) is 8.79. The Morgan fingerprint density at radius 2 is 1.95 bits per heavy atom. The van der Waals surface area contributed by atoms with Gasteiger partial charge in [0.1, 0.15) is 5.75 Å². The van der Waals surface area contributed by atoms with E-state index in [0.29, 0.717) is 17.4 Å². The Labute approximate surface area is 128 Å². The Morgan fingerprint density at radius 3 is 2.65 bits per heavy atom. The van der Waals surface area contributed by atoms with Gasteiger partial charge in [0, 0.05) is 22.8 Å². The summed E-state index contributed by atoms with van der Waals surface area (Å²) in [7, 11) is -4.33. The van der Waals surface area contributed by atoms with Crippen molar-refractivity contribution in [2.45, 2.75) is 25.7 Å². The van der Waals surface area contributed by atoms with Crippen molar-refractivity contribution in [2.24, 2.45) is 0 Å². The Hall–Kier alpha value is -0.470. The summed E-state index contributed by atoms with van der Waals surface area (Å²) in [6.45, 7) is 0.620. The van der Waals surface area contributed by atoms with Gasteiger partial charge < -0.3 is 4.74 Å². The van der Waals surface area contributed by atoms with Crippen LogP contribution in [0.4, 0.5) is 0 Å². The molecule has 0 saturated carbocycles. The zero-order chi connectivity index (χ0) is 14.8. The second-order valence-electron chi connectivity index (χ2n) is 4.04. The van der Waals surface area contributed by atoms with Crippen LogP contribution in [0.15, 0.2) is 24.3 Å². The molecule has 0 unspecified atom stereocenters. The Morgan fingerprint density at radius 1 is 1.20 bits per heavy atom. The van der Waals surface area contributed by atoms with Crippen molar-refractivity contribution in [1.29, 1.82) is 0 Å². The molecule has 0 spiro atoms. The van der Waals surface area contributed by atoms with Gasteiger partial charge in [0.2, 0.25) is 0 Å². The highest BCUT2D eigenvalue weighted by Gasteiger charge is 2.04. The molecule has 114 valence electrons. The molecule has 1 N–H and O–H groups in total. The maximum absolute atomic E-state index is 10.3. The van der Waals surface area contributed by atoms with E-state index in [1.54, 1.807) is 12.1 Å². The summed E-state index contributed by atoms with van der Waals surface area (Å²) in [5, 5.41) is 0.651. The molecule has 1 aromatic rings. The zero-order valence-corrected chi connectivity index (χ0v) is 13.2. The SMILES string of the molecule is O=S(=O)(O)OSCCCCCCOc1cccc(Cl)c1. The van der Waals surface area contributed by atoms with Gasteiger partial charge in [-0.25, -0.2) is 0 Å². The molecular formula is C12H17ClO5S2. The van der Waals surface area contributed by atoms with E-state index in [1.807, 2.05) is 12.1 Å². The van der Waals surface area contributed by atoms with E-state index < -0.39 is 10.4 Å². The van der Waals surface area contributed by atoms with Crippen molar-refractivity contribution in [1.82, 2.24) is 0 Å². The van der Waals surface area contributed by atoms with E-state index in [1.165, 1.54) is 0 Å². The van der Waals surface area contributed by atoms with Crippen LogP contribution in [0.25, 0.3) is 0 Å². The molecule has 1 rings (SSSR count). The highest BCUT2D eigenvalue weighted by atomic mass is 35.5. The van der Waals surface area contributed by atoms with Gasteiger partial charge in [-0.3, -0.25) is 4.55 Å². The Kier molecular flexibility index (Phi) is 8.32. The van der Waals surface area contributed by atoms with Crippen LogP contribution in [0.1, 0.15) is 25.7 Å². The van der Waals surface area contributed by atoms with E-state index in [-0.39, 0.29) is 0 Å². The topological polar surface area (TPSA) is 72.8 Å². The van der Waals surface area contributed by atoms with E-state index in [4.69, 9.17) is 20.9 Å². The van der Waals surface area contributed by atoms with Crippen molar-refractivity contribution in [3.8, 4) is 5.75 Å². The van der Waals surface area contributed by atoms with Crippen molar-refractivity contribution in [2.75, 3.05) is 12.4 Å². The molecular weight excluding hydrogens is 324 g/mol. The molecule has 0 aliphatic carbocycles. The van der Waals surface area contributed by atoms with Gasteiger partial charge in [-0.05, 0) is 31.0 Å². The molecule has 0 aromatic heterocycles. The number of halogens is 1. The molecule has 20 heavy (non-hydrogen) atoms. The van der Waals surface area contributed by atoms with Crippen LogP contribution in [-0.2, 0) is 14.0 Å². The van der Waals surface area contributed by atoms with Crippen LogP contribution < -0.4 is 4.74 Å². The largest absolute Gasteiger partial charge is 0.494 e. The number of hydrogen-bond donors (Lipinski definition) is 1. The second-order valence-corrected chi connectivity index (χ2v) is 6.52. The van der Waals surface area contributed by atoms with Gasteiger partial charge in [0.15, 0.2) is 0 Å². The van der Waals surface area contributed by atoms with Gasteiger partial charge in [0.05, 0.1) is 6.61 Å². The lowest BCUT2D eigenvalue weighted by Crippen LogP contribution is -1.98. The maximum atomic E-state index is 10.3. The molecule has 5 nitrogen and oxygen atoms in total. The summed E-state index contributed by atoms with van der Waals surface area (Å²) in [4.78, 5) is 0. The average Bonchev–Trinajstić information content (AvgIpc) is 2.35. The van der Waals surface area contributed by atoms with E-state index in [9.17, 15) is 8.42 Å². The minimum atomic E-state index is -4.33. The minimum absolute atomic E-state index is 0.523. The summed E-state index contributed by atoms with van der Waals surface area (Å²) >= 11 is 6.57. The highest BCUT2D eigenvalue weighted by Crippen LogP contribution is 2.17. The van der Waals surface area contributed by atoms with E-state index in [2.05, 4.69) is 3.63 Å². The highest BCUT2D eigenvalue weighted by molar-refractivity contribution is 8.02. The standard InChI is InChI=1S/C12H17ClO5S2/c13-11-6-5-7-12(10-11)17-8-3-1-2-4-9-19-18-20(14,15)16/h5-7,10H,1-4,8-9H2,(H,14,15,16). The van der Waals surface area contributed by atoms with Gasteiger partial charge in [-0.2, -0.15) is 12.0 Å². The number of hydrogen-bond acceptors (Lipinski definition) is 5. The third-order valence-electron chi connectivity index (χ3n) is 2.32. The van der Waals surface area contributed by atoms with Crippen molar-refractivity contribution in [3.05, 3.63) is 29.3 Å². The zero-order valence-electron chi connectivity index (χ0n) is 10.8. The summed E-state index contributed by atoms with van der Waals surface area (Å²) in [6, 6.07) is 7.25. The van der Waals surface area contributed by atoms with Gasteiger partial charge in [-0.1, -0.05) is 30.5 Å². The molecule has 8 heteroatoms. The first kappa shape index (κ1) is 17.6. The summed E-state index contributed by atoms with van der Waals surface area (Å²) in [6.07, 6.45) is 3.65. The molecule has 0 bridgehead atoms. The summed E-state index contributed by atoms with van der Waals surface area (Å²) in [5.41, 5.74) is 0. The summed E-state index contributed by atoms with van der Waals surface area (Å²) in [5.74, 6) is 1.28. The number of ether oxygens (including phenoxy) is 1. The smallest absolute Gasteiger partial charge is 0.408 e. The van der Waals surface area contributed by atoms with Crippen molar-refractivity contribution in [3.63, 3.8) is 0 Å². The molecule has 0 heterocycles. The first-order chi connectivity index (χ1) is 9.47. The predicted octanol–water partition coefficient (Wildman–Crippen LogP) is 3.75. The molecule has 0 saturated heterocycles. The molecule has 0 fully saturated rings. The predicted molar refractivity (Wildman–Crippen MR) is 80.5 cm³/mol. The van der Waals surface area contributed by atoms with Gasteiger partial charge >= 0.3 is 10.4 Å². The minimum Gasteiger partial charge on any atom is -0.494 e. The second kappa shape index (κ2) is 9.46. The lowest BCUT2D eigenvalue weighted by atomic mass is 10.2. The van der Waals surface area contributed by atoms with E-state index in [0.717, 1.165) is 43.5 Å². The normalized spacial score (nSPS) is 11.5. The molecule has 0 atom stereocenters. The fourth-order valence-electron chi connectivity index (χ4n) is 1.46. The molecule has 0 radical (unpaired) electrons. The quantitative estimate of drug-likeness (QED) is 0.397. The Balaban J connectivity index is 1.95. The lowest BCUT2D eigenvalue weighted by molar-refractivity contribution is 0.305. The maximum Gasteiger partial charge on any atom is 0.408 e. The average molecular weight is 341 g/mol. The van der Waals surface area contributed by atoms with Crippen LogP contribution in [0, 0.1) is 0 Å².